The third kappa shape index (κ3) is 3.91. The summed E-state index contributed by atoms with van der Waals surface area (Å²) in [7, 11) is 0. The Labute approximate surface area is 164 Å². The Hall–Kier alpha value is -2.74. The predicted molar refractivity (Wildman–Crippen MR) is 109 cm³/mol. The predicted octanol–water partition coefficient (Wildman–Crippen LogP) is 1.41. The summed E-state index contributed by atoms with van der Waals surface area (Å²) in [6, 6.07) is 7.49. The van der Waals surface area contributed by atoms with Crippen LogP contribution in [0.2, 0.25) is 0 Å². The number of rotatable bonds is 4. The van der Waals surface area contributed by atoms with Gasteiger partial charge in [0.1, 0.15) is 5.82 Å². The van der Waals surface area contributed by atoms with Crippen LogP contribution in [-0.2, 0) is 12.0 Å². The Morgan fingerprint density at radius 2 is 1.75 bits per heavy atom. The molecule has 0 aromatic carbocycles. The minimum atomic E-state index is -0.0651. The molecule has 1 aliphatic rings. The normalized spacial score (nSPS) is 16.0. The molecule has 4 heterocycles. The highest BCUT2D eigenvalue weighted by molar-refractivity contribution is 5.46. The zero-order valence-corrected chi connectivity index (χ0v) is 16.7. The van der Waals surface area contributed by atoms with Gasteiger partial charge in [-0.3, -0.25) is 9.69 Å². The van der Waals surface area contributed by atoms with Crippen molar-refractivity contribution in [1.82, 2.24) is 29.3 Å². The molecule has 0 saturated carbocycles. The summed E-state index contributed by atoms with van der Waals surface area (Å²) in [5, 5.41) is 9.19. The Kier molecular flexibility index (Phi) is 4.89. The second-order valence-electron chi connectivity index (χ2n) is 8.28. The van der Waals surface area contributed by atoms with E-state index in [9.17, 15) is 4.79 Å². The van der Waals surface area contributed by atoms with Gasteiger partial charge in [0.15, 0.2) is 5.65 Å². The van der Waals surface area contributed by atoms with E-state index in [2.05, 4.69) is 45.8 Å². The Morgan fingerprint density at radius 3 is 2.50 bits per heavy atom. The molecule has 3 aromatic heterocycles. The molecular weight excluding hydrogens is 354 g/mol. The van der Waals surface area contributed by atoms with Gasteiger partial charge in [-0.1, -0.05) is 20.8 Å². The van der Waals surface area contributed by atoms with E-state index in [1.165, 1.54) is 0 Å². The van der Waals surface area contributed by atoms with Crippen molar-refractivity contribution in [2.45, 2.75) is 32.7 Å². The van der Waals surface area contributed by atoms with E-state index in [1.54, 1.807) is 16.9 Å². The van der Waals surface area contributed by atoms with Gasteiger partial charge in [0.25, 0.3) is 5.56 Å². The van der Waals surface area contributed by atoms with Crippen LogP contribution in [0.15, 0.2) is 41.5 Å². The quantitative estimate of drug-likeness (QED) is 0.680. The van der Waals surface area contributed by atoms with Gasteiger partial charge >= 0.3 is 0 Å². The minimum absolute atomic E-state index is 0.0375. The van der Waals surface area contributed by atoms with Crippen LogP contribution in [0.5, 0.6) is 0 Å². The van der Waals surface area contributed by atoms with E-state index in [-0.39, 0.29) is 11.0 Å². The Balaban J connectivity index is 1.35. The third-order valence-corrected chi connectivity index (χ3v) is 5.20. The fourth-order valence-corrected chi connectivity index (χ4v) is 3.42. The van der Waals surface area contributed by atoms with Crippen molar-refractivity contribution in [1.29, 1.82) is 0 Å². The average molecular weight is 381 g/mol. The van der Waals surface area contributed by atoms with E-state index in [0.717, 1.165) is 49.9 Å². The average Bonchev–Trinajstić information content (AvgIpc) is 3.14. The molecule has 0 N–H and O–H groups in total. The number of fused-ring (bicyclic) bond motifs is 1. The maximum absolute atomic E-state index is 12.2. The molecule has 8 nitrogen and oxygen atoms in total. The zero-order chi connectivity index (χ0) is 19.7. The molecule has 1 saturated heterocycles. The summed E-state index contributed by atoms with van der Waals surface area (Å²) in [6.45, 7) is 11.5. The first-order valence-corrected chi connectivity index (χ1v) is 9.76. The van der Waals surface area contributed by atoms with Gasteiger partial charge < -0.3 is 4.90 Å². The highest BCUT2D eigenvalue weighted by atomic mass is 16.1. The van der Waals surface area contributed by atoms with Gasteiger partial charge in [0.05, 0.1) is 12.2 Å². The molecule has 8 heteroatoms. The van der Waals surface area contributed by atoms with Gasteiger partial charge in [0, 0.05) is 56.6 Å². The van der Waals surface area contributed by atoms with Gasteiger partial charge in [-0.25, -0.2) is 14.2 Å². The summed E-state index contributed by atoms with van der Waals surface area (Å²) >= 11 is 0. The van der Waals surface area contributed by atoms with Crippen molar-refractivity contribution >= 4 is 11.5 Å². The van der Waals surface area contributed by atoms with Crippen molar-refractivity contribution in [3.8, 4) is 0 Å². The fourth-order valence-electron chi connectivity index (χ4n) is 3.42. The summed E-state index contributed by atoms with van der Waals surface area (Å²) in [4.78, 5) is 21.1. The van der Waals surface area contributed by atoms with Crippen LogP contribution in [0.25, 0.3) is 5.65 Å². The SMILES string of the molecule is CC(C)(C)c1ccc(=O)n(CCN2CCN(c3ccc4nccn4n3)CC2)n1. The molecule has 0 atom stereocenters. The summed E-state index contributed by atoms with van der Waals surface area (Å²) in [5.41, 5.74) is 1.70. The maximum Gasteiger partial charge on any atom is 0.266 e. The first-order valence-electron chi connectivity index (χ1n) is 9.76. The molecule has 0 spiro atoms. The van der Waals surface area contributed by atoms with Crippen molar-refractivity contribution in [2.24, 2.45) is 0 Å². The maximum atomic E-state index is 12.2. The number of anilines is 1. The van der Waals surface area contributed by atoms with E-state index >= 15 is 0 Å². The smallest absolute Gasteiger partial charge is 0.266 e. The lowest BCUT2D eigenvalue weighted by Gasteiger charge is -2.35. The van der Waals surface area contributed by atoms with Crippen LogP contribution in [0, 0.1) is 0 Å². The summed E-state index contributed by atoms with van der Waals surface area (Å²) in [6.07, 6.45) is 3.63. The number of hydrogen-bond acceptors (Lipinski definition) is 6. The van der Waals surface area contributed by atoms with E-state index in [1.807, 2.05) is 28.9 Å². The number of aromatic nitrogens is 5. The molecule has 1 aliphatic heterocycles. The monoisotopic (exact) mass is 381 g/mol. The lowest BCUT2D eigenvalue weighted by molar-refractivity contribution is 0.241. The van der Waals surface area contributed by atoms with E-state index in [0.29, 0.717) is 6.54 Å². The molecule has 0 amide bonds. The first-order chi connectivity index (χ1) is 13.4. The molecule has 0 bridgehead atoms. The van der Waals surface area contributed by atoms with Crippen LogP contribution in [0.4, 0.5) is 5.82 Å². The van der Waals surface area contributed by atoms with Crippen LogP contribution in [0.1, 0.15) is 26.5 Å². The second kappa shape index (κ2) is 7.35. The van der Waals surface area contributed by atoms with Crippen LogP contribution in [0.3, 0.4) is 0 Å². The lowest BCUT2D eigenvalue weighted by Crippen LogP contribution is -2.48. The van der Waals surface area contributed by atoms with Crippen LogP contribution in [-0.4, -0.2) is 62.0 Å². The van der Waals surface area contributed by atoms with E-state index < -0.39 is 0 Å². The molecule has 1 fully saturated rings. The van der Waals surface area contributed by atoms with Gasteiger partial charge in [-0.2, -0.15) is 5.10 Å². The number of hydrogen-bond donors (Lipinski definition) is 0. The lowest BCUT2D eigenvalue weighted by atomic mass is 9.92. The molecular formula is C20H27N7O. The molecule has 3 aromatic rings. The number of imidazole rings is 1. The highest BCUT2D eigenvalue weighted by Crippen LogP contribution is 2.18. The van der Waals surface area contributed by atoms with Crippen molar-refractivity contribution < 1.29 is 0 Å². The second-order valence-corrected chi connectivity index (χ2v) is 8.28. The van der Waals surface area contributed by atoms with Gasteiger partial charge in [0.2, 0.25) is 0 Å². The molecule has 0 unspecified atom stereocenters. The van der Waals surface area contributed by atoms with Crippen LogP contribution >= 0.6 is 0 Å². The largest absolute Gasteiger partial charge is 0.353 e. The Morgan fingerprint density at radius 1 is 0.964 bits per heavy atom. The molecule has 28 heavy (non-hydrogen) atoms. The van der Waals surface area contributed by atoms with E-state index in [4.69, 9.17) is 0 Å². The van der Waals surface area contributed by atoms with Crippen molar-refractivity contribution in [2.75, 3.05) is 37.6 Å². The summed E-state index contributed by atoms with van der Waals surface area (Å²) in [5.74, 6) is 0.973. The first kappa shape index (κ1) is 18.6. The summed E-state index contributed by atoms with van der Waals surface area (Å²) < 4.78 is 3.41. The molecule has 4 rings (SSSR count). The number of piperazine rings is 1. The third-order valence-electron chi connectivity index (χ3n) is 5.20. The van der Waals surface area contributed by atoms with Gasteiger partial charge in [-0.05, 0) is 18.2 Å². The standard InChI is InChI=1S/C20H27N7O/c1-20(2,3)16-4-7-19(28)27(22-16)15-12-24-10-13-25(14-11-24)18-6-5-17-21-8-9-26(17)23-18/h4-9H,10-15H2,1-3H3. The molecule has 0 aliphatic carbocycles. The fraction of sp³-hybridized carbons (Fsp3) is 0.500. The Bertz CT molecular complexity index is 1010. The minimum Gasteiger partial charge on any atom is -0.353 e. The molecule has 148 valence electrons. The molecule has 0 radical (unpaired) electrons. The topological polar surface area (TPSA) is 71.6 Å². The number of nitrogens with zero attached hydrogens (tertiary/aromatic N) is 7. The van der Waals surface area contributed by atoms with Gasteiger partial charge in [-0.15, -0.1) is 5.10 Å². The van der Waals surface area contributed by atoms with Crippen molar-refractivity contribution in [3.05, 3.63) is 52.7 Å². The highest BCUT2D eigenvalue weighted by Gasteiger charge is 2.20. The zero-order valence-electron chi connectivity index (χ0n) is 16.7. The van der Waals surface area contributed by atoms with Crippen molar-refractivity contribution in [3.63, 3.8) is 0 Å². The van der Waals surface area contributed by atoms with Crippen LogP contribution < -0.4 is 10.5 Å².